The van der Waals surface area contributed by atoms with E-state index < -0.39 is 0 Å². The Hall–Kier alpha value is -3.96. The molecule has 0 spiro atoms. The van der Waals surface area contributed by atoms with Crippen LogP contribution in [0.4, 0.5) is 5.13 Å². The summed E-state index contributed by atoms with van der Waals surface area (Å²) < 4.78 is 5.44. The van der Waals surface area contributed by atoms with Crippen molar-refractivity contribution in [1.29, 1.82) is 0 Å². The van der Waals surface area contributed by atoms with E-state index in [4.69, 9.17) is 16.3 Å². The van der Waals surface area contributed by atoms with Crippen LogP contribution in [0.2, 0.25) is 5.15 Å². The fourth-order valence-electron chi connectivity index (χ4n) is 4.08. The first-order chi connectivity index (χ1) is 17.7. The average Bonchev–Trinajstić information content (AvgIpc) is 3.44. The molecular weight excluding hydrogens is 514 g/mol. The number of aromatic nitrogens is 5. The van der Waals surface area contributed by atoms with E-state index in [1.54, 1.807) is 17.0 Å². The summed E-state index contributed by atoms with van der Waals surface area (Å²) in [5.74, 6) is -0.00437. The third kappa shape index (κ3) is 4.75. The average molecular weight is 536 g/mol. The molecule has 4 aromatic rings. The molecule has 1 N–H and O–H groups in total. The fraction of sp³-hybridized carbons (Fsp3) is 0.240. The predicted molar refractivity (Wildman–Crippen MR) is 139 cm³/mol. The van der Waals surface area contributed by atoms with Gasteiger partial charge < -0.3 is 9.64 Å². The van der Waals surface area contributed by atoms with E-state index in [9.17, 15) is 9.59 Å². The molecule has 12 heteroatoms. The molecule has 188 valence electrons. The minimum Gasteiger partial charge on any atom is -0.494 e. The van der Waals surface area contributed by atoms with Gasteiger partial charge in [-0.3, -0.25) is 19.9 Å². The Morgan fingerprint density at radius 3 is 2.62 bits per heavy atom. The Bertz CT molecular complexity index is 1530. The molecule has 37 heavy (non-hydrogen) atoms. The maximum absolute atomic E-state index is 13.3. The van der Waals surface area contributed by atoms with Gasteiger partial charge in [0.2, 0.25) is 0 Å². The van der Waals surface area contributed by atoms with Crippen LogP contribution in [0.1, 0.15) is 48.2 Å². The Morgan fingerprint density at radius 1 is 1.05 bits per heavy atom. The number of hydrogen-bond acceptors (Lipinski definition) is 9. The van der Waals surface area contributed by atoms with E-state index in [2.05, 4.69) is 30.5 Å². The number of amides is 2. The van der Waals surface area contributed by atoms with Crippen molar-refractivity contribution < 1.29 is 14.3 Å². The Morgan fingerprint density at radius 2 is 1.86 bits per heavy atom. The summed E-state index contributed by atoms with van der Waals surface area (Å²) in [6.45, 7) is 6.28. The van der Waals surface area contributed by atoms with Gasteiger partial charge in [0, 0.05) is 23.0 Å². The summed E-state index contributed by atoms with van der Waals surface area (Å²) in [5, 5.41) is 11.5. The van der Waals surface area contributed by atoms with Crippen molar-refractivity contribution in [2.75, 3.05) is 12.4 Å². The van der Waals surface area contributed by atoms with Gasteiger partial charge in [-0.1, -0.05) is 22.9 Å². The zero-order valence-electron chi connectivity index (χ0n) is 20.5. The maximum Gasteiger partial charge on any atom is 0.259 e. The molecule has 1 aliphatic rings. The predicted octanol–water partition coefficient (Wildman–Crippen LogP) is 4.39. The van der Waals surface area contributed by atoms with Crippen molar-refractivity contribution in [3.8, 4) is 16.9 Å². The molecular formula is C25H22ClN7O3S. The van der Waals surface area contributed by atoms with Crippen molar-refractivity contribution in [2.24, 2.45) is 0 Å². The number of anilines is 1. The monoisotopic (exact) mass is 535 g/mol. The van der Waals surface area contributed by atoms with E-state index >= 15 is 0 Å². The largest absolute Gasteiger partial charge is 0.494 e. The molecule has 5 heterocycles. The van der Waals surface area contributed by atoms with Crippen molar-refractivity contribution in [2.45, 2.75) is 33.9 Å². The van der Waals surface area contributed by atoms with Gasteiger partial charge in [0.25, 0.3) is 11.8 Å². The first-order valence-corrected chi connectivity index (χ1v) is 12.5. The number of halogens is 1. The highest BCUT2D eigenvalue weighted by Crippen LogP contribution is 2.35. The minimum atomic E-state index is -0.369. The van der Waals surface area contributed by atoms with Gasteiger partial charge >= 0.3 is 0 Å². The summed E-state index contributed by atoms with van der Waals surface area (Å²) >= 11 is 7.47. The quantitative estimate of drug-likeness (QED) is 0.373. The van der Waals surface area contributed by atoms with Crippen LogP contribution in [0.25, 0.3) is 11.1 Å². The number of pyridine rings is 2. The first kappa shape index (κ1) is 24.7. The third-order valence-corrected chi connectivity index (χ3v) is 7.37. The lowest BCUT2D eigenvalue weighted by atomic mass is 10.0. The van der Waals surface area contributed by atoms with Crippen molar-refractivity contribution in [1.82, 2.24) is 30.0 Å². The summed E-state index contributed by atoms with van der Waals surface area (Å²) in [6, 6.07) is 3.45. The SMILES string of the molecule is COc1cnc(Cl)cc1-c1cc(C)ncc1C(=O)Nc1nc2c(s1)CN(C(=O)c1cnnc(C)c1C)C2. The molecule has 0 saturated heterocycles. The minimum absolute atomic E-state index is 0.119. The molecule has 4 aromatic heterocycles. The summed E-state index contributed by atoms with van der Waals surface area (Å²) in [6.07, 6.45) is 4.52. The van der Waals surface area contributed by atoms with Crippen molar-refractivity contribution in [3.05, 3.63) is 74.5 Å². The number of thiazole rings is 1. The number of carbonyl (C=O) groups is 2. The molecule has 2 amide bonds. The van der Waals surface area contributed by atoms with Gasteiger partial charge in [0.15, 0.2) is 5.13 Å². The lowest BCUT2D eigenvalue weighted by molar-refractivity contribution is 0.0749. The molecule has 0 saturated carbocycles. The number of ether oxygens (including phenoxy) is 1. The Kier molecular flexibility index (Phi) is 6.57. The van der Waals surface area contributed by atoms with Gasteiger partial charge in [-0.15, -0.1) is 0 Å². The smallest absolute Gasteiger partial charge is 0.259 e. The zero-order valence-corrected chi connectivity index (χ0v) is 22.1. The molecule has 10 nitrogen and oxygen atoms in total. The number of nitrogens with one attached hydrogen (secondary N) is 1. The Balaban J connectivity index is 1.36. The Labute approximate surface area is 221 Å². The number of nitrogens with zero attached hydrogens (tertiary/aromatic N) is 6. The van der Waals surface area contributed by atoms with Crippen LogP contribution in [-0.4, -0.2) is 49.0 Å². The second-order valence-electron chi connectivity index (χ2n) is 8.55. The van der Waals surface area contributed by atoms with Crippen LogP contribution in [-0.2, 0) is 13.1 Å². The highest BCUT2D eigenvalue weighted by Gasteiger charge is 2.30. The van der Waals surface area contributed by atoms with Gasteiger partial charge in [-0.25, -0.2) is 9.97 Å². The van der Waals surface area contributed by atoms with Crippen molar-refractivity contribution in [3.63, 3.8) is 0 Å². The number of carbonyl (C=O) groups excluding carboxylic acids is 2. The second kappa shape index (κ2) is 9.83. The molecule has 0 aliphatic carbocycles. The van der Waals surface area contributed by atoms with E-state index in [1.807, 2.05) is 20.8 Å². The van der Waals surface area contributed by atoms with Gasteiger partial charge in [-0.05, 0) is 38.5 Å². The van der Waals surface area contributed by atoms with E-state index in [-0.39, 0.29) is 17.0 Å². The number of rotatable bonds is 5. The normalized spacial score (nSPS) is 12.4. The van der Waals surface area contributed by atoms with E-state index in [1.165, 1.54) is 37.0 Å². The molecule has 0 aromatic carbocycles. The number of aryl methyl sites for hydroxylation is 2. The fourth-order valence-corrected chi connectivity index (χ4v) is 5.22. The van der Waals surface area contributed by atoms with Gasteiger partial charge in [0.05, 0.1) is 60.0 Å². The van der Waals surface area contributed by atoms with Crippen LogP contribution in [0.5, 0.6) is 5.75 Å². The summed E-state index contributed by atoms with van der Waals surface area (Å²) in [4.78, 5) is 41.9. The van der Waals surface area contributed by atoms with Crippen LogP contribution in [0, 0.1) is 20.8 Å². The molecule has 0 bridgehead atoms. The topological polar surface area (TPSA) is 123 Å². The molecule has 0 atom stereocenters. The molecule has 5 rings (SSSR count). The second-order valence-corrected chi connectivity index (χ2v) is 10.0. The van der Waals surface area contributed by atoms with Crippen molar-refractivity contribution >= 4 is 39.9 Å². The summed E-state index contributed by atoms with van der Waals surface area (Å²) in [7, 11) is 1.53. The van der Waals surface area contributed by atoms with E-state index in [0.717, 1.165) is 27.5 Å². The van der Waals surface area contributed by atoms with E-state index in [0.29, 0.717) is 46.2 Å². The molecule has 0 radical (unpaired) electrons. The number of methoxy groups -OCH3 is 1. The van der Waals surface area contributed by atoms with Gasteiger partial charge in [0.1, 0.15) is 10.9 Å². The highest BCUT2D eigenvalue weighted by atomic mass is 35.5. The molecule has 0 fully saturated rings. The number of fused-ring (bicyclic) bond motifs is 1. The molecule has 0 unspecified atom stereocenters. The standard InChI is InChI=1S/C25H22ClN7O3S/c1-12-5-15(16-6-22(26)28-9-20(16)36-4)18(7-27-12)23(34)31-25-30-19-10-33(11-21(19)37-25)24(35)17-8-29-32-14(3)13(17)2/h5-9H,10-11H2,1-4H3,(H,30,31,34). The highest BCUT2D eigenvalue weighted by molar-refractivity contribution is 7.16. The van der Waals surface area contributed by atoms with Crippen LogP contribution < -0.4 is 10.1 Å². The molecule has 1 aliphatic heterocycles. The zero-order chi connectivity index (χ0) is 26.3. The van der Waals surface area contributed by atoms with Crippen LogP contribution in [0.15, 0.2) is 30.7 Å². The third-order valence-electron chi connectivity index (χ3n) is 6.16. The maximum atomic E-state index is 13.3. The lowest BCUT2D eigenvalue weighted by Crippen LogP contribution is -2.27. The van der Waals surface area contributed by atoms with Gasteiger partial charge in [-0.2, -0.15) is 10.2 Å². The summed E-state index contributed by atoms with van der Waals surface area (Å²) in [5.41, 5.74) is 5.14. The number of hydrogen-bond donors (Lipinski definition) is 1. The van der Waals surface area contributed by atoms with Crippen LogP contribution in [0.3, 0.4) is 0 Å². The van der Waals surface area contributed by atoms with Crippen LogP contribution >= 0.6 is 22.9 Å². The lowest BCUT2D eigenvalue weighted by Gasteiger charge is -2.17. The first-order valence-electron chi connectivity index (χ1n) is 11.3.